The maximum absolute atomic E-state index is 12.1. The molecule has 0 unspecified atom stereocenters. The number of hydrogen-bond acceptors (Lipinski definition) is 4. The summed E-state index contributed by atoms with van der Waals surface area (Å²) in [6.45, 7) is 1.79. The molecule has 0 fully saturated rings. The van der Waals surface area contributed by atoms with Crippen LogP contribution in [0, 0.1) is 18.3 Å². The molecule has 20 heavy (non-hydrogen) atoms. The van der Waals surface area contributed by atoms with E-state index in [1.54, 1.807) is 25.1 Å². The standard InChI is InChI=1S/C14H11ClN4O/c1-8-3-2-4-11(9(8)7-16)18-14(20)13-10(15)5-6-12(17)19-13/h2-6H,1H3,(H2,17,19)(H,18,20). The number of nitriles is 1. The van der Waals surface area contributed by atoms with E-state index in [4.69, 9.17) is 22.6 Å². The first kappa shape index (κ1) is 13.8. The minimum absolute atomic E-state index is 0.0251. The van der Waals surface area contributed by atoms with Gasteiger partial charge in [0.05, 0.1) is 16.3 Å². The van der Waals surface area contributed by atoms with Crippen molar-refractivity contribution in [1.29, 1.82) is 5.26 Å². The van der Waals surface area contributed by atoms with E-state index in [9.17, 15) is 4.79 Å². The minimum atomic E-state index is -0.510. The SMILES string of the molecule is Cc1cccc(NC(=O)c2nc(N)ccc2Cl)c1C#N. The van der Waals surface area contributed by atoms with Gasteiger partial charge in [-0.15, -0.1) is 0 Å². The van der Waals surface area contributed by atoms with Gasteiger partial charge >= 0.3 is 0 Å². The van der Waals surface area contributed by atoms with Crippen LogP contribution in [0.5, 0.6) is 0 Å². The lowest BCUT2D eigenvalue weighted by Gasteiger charge is -2.09. The highest BCUT2D eigenvalue weighted by atomic mass is 35.5. The number of aromatic nitrogens is 1. The number of hydrogen-bond donors (Lipinski definition) is 2. The maximum Gasteiger partial charge on any atom is 0.275 e. The first-order valence-corrected chi connectivity index (χ1v) is 6.14. The number of halogens is 1. The molecule has 5 nitrogen and oxygen atoms in total. The van der Waals surface area contributed by atoms with Gasteiger partial charge in [0.15, 0.2) is 0 Å². The summed E-state index contributed by atoms with van der Waals surface area (Å²) in [5.74, 6) is -0.311. The third-order valence-electron chi connectivity index (χ3n) is 2.72. The van der Waals surface area contributed by atoms with E-state index in [1.165, 1.54) is 12.1 Å². The molecule has 100 valence electrons. The van der Waals surface area contributed by atoms with Crippen molar-refractivity contribution in [3.63, 3.8) is 0 Å². The Labute approximate surface area is 121 Å². The van der Waals surface area contributed by atoms with E-state index in [0.29, 0.717) is 11.3 Å². The van der Waals surface area contributed by atoms with E-state index in [2.05, 4.69) is 16.4 Å². The second kappa shape index (κ2) is 5.59. The number of amides is 1. The molecular formula is C14H11ClN4O. The van der Waals surface area contributed by atoms with Crippen LogP contribution in [-0.2, 0) is 0 Å². The van der Waals surface area contributed by atoms with E-state index >= 15 is 0 Å². The van der Waals surface area contributed by atoms with Crippen molar-refractivity contribution in [2.45, 2.75) is 6.92 Å². The second-order valence-corrected chi connectivity index (χ2v) is 4.54. The van der Waals surface area contributed by atoms with Gasteiger partial charge in [-0.2, -0.15) is 5.26 Å². The third kappa shape index (κ3) is 2.71. The van der Waals surface area contributed by atoms with Gasteiger partial charge in [-0.25, -0.2) is 4.98 Å². The van der Waals surface area contributed by atoms with Crippen LogP contribution in [-0.4, -0.2) is 10.9 Å². The van der Waals surface area contributed by atoms with Gasteiger partial charge in [-0.05, 0) is 30.7 Å². The van der Waals surface area contributed by atoms with E-state index < -0.39 is 5.91 Å². The van der Waals surface area contributed by atoms with E-state index in [0.717, 1.165) is 5.56 Å². The van der Waals surface area contributed by atoms with Gasteiger partial charge in [-0.3, -0.25) is 4.79 Å². The number of rotatable bonds is 2. The molecule has 1 aromatic carbocycles. The fourth-order valence-corrected chi connectivity index (χ4v) is 1.91. The first-order valence-electron chi connectivity index (χ1n) is 5.76. The van der Waals surface area contributed by atoms with Gasteiger partial charge in [0, 0.05) is 0 Å². The largest absolute Gasteiger partial charge is 0.384 e. The molecule has 0 bridgehead atoms. The lowest BCUT2D eigenvalue weighted by molar-refractivity contribution is 0.102. The predicted octanol–water partition coefficient (Wildman–Crippen LogP) is 2.75. The van der Waals surface area contributed by atoms with Crippen LogP contribution < -0.4 is 11.1 Å². The molecule has 0 radical (unpaired) electrons. The molecule has 0 saturated heterocycles. The molecule has 1 amide bonds. The van der Waals surface area contributed by atoms with Gasteiger partial charge in [0.1, 0.15) is 17.6 Å². The van der Waals surface area contributed by atoms with Crippen molar-refractivity contribution >= 4 is 29.0 Å². The molecule has 0 aliphatic heterocycles. The number of carbonyl (C=O) groups excluding carboxylic acids is 1. The highest BCUT2D eigenvalue weighted by Crippen LogP contribution is 2.21. The molecule has 0 aliphatic rings. The Kier molecular flexibility index (Phi) is 3.87. The summed E-state index contributed by atoms with van der Waals surface area (Å²) in [6, 6.07) is 10.2. The van der Waals surface area contributed by atoms with Crippen molar-refractivity contribution in [3.05, 3.63) is 52.2 Å². The molecule has 2 rings (SSSR count). The highest BCUT2D eigenvalue weighted by Gasteiger charge is 2.15. The van der Waals surface area contributed by atoms with Crippen LogP contribution in [0.4, 0.5) is 11.5 Å². The highest BCUT2D eigenvalue weighted by molar-refractivity contribution is 6.34. The van der Waals surface area contributed by atoms with E-state index in [-0.39, 0.29) is 16.5 Å². The van der Waals surface area contributed by atoms with Gasteiger partial charge in [0.2, 0.25) is 0 Å². The molecule has 0 saturated carbocycles. The van der Waals surface area contributed by atoms with Gasteiger partial charge in [0.25, 0.3) is 5.91 Å². The van der Waals surface area contributed by atoms with Crippen molar-refractivity contribution in [2.24, 2.45) is 0 Å². The molecule has 6 heteroatoms. The average molecular weight is 287 g/mol. The summed E-state index contributed by atoms with van der Waals surface area (Å²) < 4.78 is 0. The number of nitrogens with two attached hydrogens (primary N) is 1. The number of nitrogens with zero attached hydrogens (tertiary/aromatic N) is 2. The van der Waals surface area contributed by atoms with Crippen molar-refractivity contribution in [2.75, 3.05) is 11.1 Å². The number of aryl methyl sites for hydroxylation is 1. The van der Waals surface area contributed by atoms with Gasteiger partial charge in [-0.1, -0.05) is 23.7 Å². The molecule has 2 aromatic rings. The Balaban J connectivity index is 2.36. The fourth-order valence-electron chi connectivity index (χ4n) is 1.72. The zero-order valence-electron chi connectivity index (χ0n) is 10.6. The number of nitrogen functional groups attached to an aromatic ring is 1. The van der Waals surface area contributed by atoms with Crippen LogP contribution in [0.1, 0.15) is 21.6 Å². The molecule has 1 aromatic heterocycles. The zero-order valence-corrected chi connectivity index (χ0v) is 11.4. The minimum Gasteiger partial charge on any atom is -0.384 e. The molecule has 3 N–H and O–H groups in total. The van der Waals surface area contributed by atoms with Crippen LogP contribution in [0.15, 0.2) is 30.3 Å². The maximum atomic E-state index is 12.1. The van der Waals surface area contributed by atoms with Crippen LogP contribution in [0.2, 0.25) is 5.02 Å². The quantitative estimate of drug-likeness (QED) is 0.888. The molecular weight excluding hydrogens is 276 g/mol. The summed E-state index contributed by atoms with van der Waals surface area (Å²) >= 11 is 5.92. The number of pyridine rings is 1. The third-order valence-corrected chi connectivity index (χ3v) is 3.02. The van der Waals surface area contributed by atoms with E-state index in [1.807, 2.05) is 0 Å². The normalized spacial score (nSPS) is 9.85. The summed E-state index contributed by atoms with van der Waals surface area (Å²) in [6.07, 6.45) is 0. The first-order chi connectivity index (χ1) is 9.52. The molecule has 0 atom stereocenters. The number of benzene rings is 1. The Morgan fingerprint density at radius 2 is 2.15 bits per heavy atom. The average Bonchev–Trinajstić information content (AvgIpc) is 2.41. The summed E-state index contributed by atoms with van der Waals surface area (Å²) in [5, 5.41) is 11.9. The Bertz CT molecular complexity index is 722. The van der Waals surface area contributed by atoms with Gasteiger partial charge < -0.3 is 11.1 Å². The molecule has 0 spiro atoms. The summed E-state index contributed by atoms with van der Waals surface area (Å²) in [5.41, 5.74) is 7.15. The zero-order chi connectivity index (χ0) is 14.7. The predicted molar refractivity (Wildman–Crippen MR) is 77.5 cm³/mol. The fraction of sp³-hybridized carbons (Fsp3) is 0.0714. The number of nitrogens with one attached hydrogen (secondary N) is 1. The van der Waals surface area contributed by atoms with Crippen LogP contribution in [0.3, 0.4) is 0 Å². The Hall–Kier alpha value is -2.58. The van der Waals surface area contributed by atoms with Crippen molar-refractivity contribution in [3.8, 4) is 6.07 Å². The molecule has 1 heterocycles. The van der Waals surface area contributed by atoms with Crippen molar-refractivity contribution in [1.82, 2.24) is 4.98 Å². The summed E-state index contributed by atoms with van der Waals surface area (Å²) in [4.78, 5) is 16.0. The monoisotopic (exact) mass is 286 g/mol. The van der Waals surface area contributed by atoms with Crippen LogP contribution in [0.25, 0.3) is 0 Å². The van der Waals surface area contributed by atoms with Crippen molar-refractivity contribution < 1.29 is 4.79 Å². The molecule has 0 aliphatic carbocycles. The van der Waals surface area contributed by atoms with Crippen LogP contribution >= 0.6 is 11.6 Å². The Morgan fingerprint density at radius 1 is 1.40 bits per heavy atom. The number of carbonyl (C=O) groups is 1. The topological polar surface area (TPSA) is 91.8 Å². The smallest absolute Gasteiger partial charge is 0.275 e. The second-order valence-electron chi connectivity index (χ2n) is 4.13. The summed E-state index contributed by atoms with van der Waals surface area (Å²) in [7, 11) is 0. The Morgan fingerprint density at radius 3 is 2.85 bits per heavy atom. The lowest BCUT2D eigenvalue weighted by atomic mass is 10.1. The number of anilines is 2. The lowest BCUT2D eigenvalue weighted by Crippen LogP contribution is -2.16.